The predicted octanol–water partition coefficient (Wildman–Crippen LogP) is 5.13. The first-order valence-electron chi connectivity index (χ1n) is 8.52. The second-order valence-corrected chi connectivity index (χ2v) is 5.07. The zero-order chi connectivity index (χ0) is 18.7. The molecular weight excluding hydrogens is 320 g/mol. The standard InChI is InChI=1S/C6H7N.C6H9N.2C5H5N/c1-6-4-2-3-5-7-6;1-2-6-4-3-5-7-6;2*1-2-4-6-5-3-1/h2-5H,1H3;3-5,7H,2H2,1H3;2*1-5H. The van der Waals surface area contributed by atoms with Crippen molar-refractivity contribution in [2.75, 3.05) is 0 Å². The molecule has 26 heavy (non-hydrogen) atoms. The lowest BCUT2D eigenvalue weighted by atomic mass is 10.4. The van der Waals surface area contributed by atoms with Crippen LogP contribution in [0.5, 0.6) is 0 Å². The average Bonchev–Trinajstić information content (AvgIpc) is 3.27. The summed E-state index contributed by atoms with van der Waals surface area (Å²) in [7, 11) is 0. The Morgan fingerprint density at radius 3 is 1.46 bits per heavy atom. The Hall–Kier alpha value is -3.27. The van der Waals surface area contributed by atoms with Crippen LogP contribution in [0.15, 0.2) is 104 Å². The second-order valence-electron chi connectivity index (χ2n) is 5.07. The van der Waals surface area contributed by atoms with Crippen molar-refractivity contribution in [3.63, 3.8) is 0 Å². The molecule has 0 aliphatic carbocycles. The van der Waals surface area contributed by atoms with E-state index in [2.05, 4.69) is 32.9 Å². The first-order chi connectivity index (χ1) is 12.8. The molecule has 0 bridgehead atoms. The number of pyridine rings is 3. The van der Waals surface area contributed by atoms with Gasteiger partial charge in [0.05, 0.1) is 0 Å². The normalized spacial score (nSPS) is 8.54. The molecule has 0 saturated heterocycles. The fraction of sp³-hybridized carbons (Fsp3) is 0.136. The molecule has 0 amide bonds. The molecule has 0 aliphatic rings. The summed E-state index contributed by atoms with van der Waals surface area (Å²) in [4.78, 5) is 14.6. The molecule has 0 spiro atoms. The molecule has 4 heteroatoms. The van der Waals surface area contributed by atoms with Crippen LogP contribution >= 0.6 is 0 Å². The molecular formula is C22H26N4. The van der Waals surface area contributed by atoms with Gasteiger partial charge in [0.15, 0.2) is 0 Å². The third kappa shape index (κ3) is 12.2. The van der Waals surface area contributed by atoms with Gasteiger partial charge in [-0.2, -0.15) is 0 Å². The molecule has 134 valence electrons. The SMILES string of the molecule is CCc1ccc[nH]1.Cc1ccccn1.c1ccncc1.c1ccncc1. The minimum absolute atomic E-state index is 1.07. The van der Waals surface area contributed by atoms with Gasteiger partial charge in [0.25, 0.3) is 0 Å². The molecule has 0 radical (unpaired) electrons. The van der Waals surface area contributed by atoms with Crippen molar-refractivity contribution in [1.29, 1.82) is 0 Å². The predicted molar refractivity (Wildman–Crippen MR) is 108 cm³/mol. The van der Waals surface area contributed by atoms with Gasteiger partial charge in [-0.05, 0) is 61.9 Å². The number of hydrogen-bond donors (Lipinski definition) is 1. The number of aromatic nitrogens is 4. The highest BCUT2D eigenvalue weighted by atomic mass is 14.7. The lowest BCUT2D eigenvalue weighted by Crippen LogP contribution is -1.73. The number of H-pyrrole nitrogens is 1. The van der Waals surface area contributed by atoms with Crippen molar-refractivity contribution in [3.8, 4) is 0 Å². The second kappa shape index (κ2) is 15.3. The molecule has 4 aromatic rings. The van der Waals surface area contributed by atoms with E-state index in [1.165, 1.54) is 5.69 Å². The van der Waals surface area contributed by atoms with Crippen LogP contribution in [0.25, 0.3) is 0 Å². The van der Waals surface area contributed by atoms with Crippen LogP contribution in [0.3, 0.4) is 0 Å². The molecule has 0 unspecified atom stereocenters. The molecule has 0 saturated carbocycles. The Balaban J connectivity index is 0.000000174. The summed E-state index contributed by atoms with van der Waals surface area (Å²) < 4.78 is 0. The van der Waals surface area contributed by atoms with Gasteiger partial charge in [0, 0.05) is 48.6 Å². The highest BCUT2D eigenvalue weighted by Gasteiger charge is 1.81. The first-order valence-corrected chi connectivity index (χ1v) is 8.52. The highest BCUT2D eigenvalue weighted by Crippen LogP contribution is 1.92. The molecule has 4 aromatic heterocycles. The van der Waals surface area contributed by atoms with Crippen molar-refractivity contribution in [1.82, 2.24) is 19.9 Å². The Bertz CT molecular complexity index is 642. The van der Waals surface area contributed by atoms with E-state index in [0.29, 0.717) is 0 Å². The Labute approximate surface area is 156 Å². The van der Waals surface area contributed by atoms with Crippen LogP contribution in [-0.2, 0) is 6.42 Å². The molecule has 4 heterocycles. The van der Waals surface area contributed by atoms with Gasteiger partial charge < -0.3 is 4.98 Å². The van der Waals surface area contributed by atoms with E-state index in [4.69, 9.17) is 0 Å². The van der Waals surface area contributed by atoms with E-state index >= 15 is 0 Å². The van der Waals surface area contributed by atoms with Crippen molar-refractivity contribution in [3.05, 3.63) is 115 Å². The summed E-state index contributed by atoms with van der Waals surface area (Å²) in [5, 5.41) is 0. The number of hydrogen-bond acceptors (Lipinski definition) is 3. The molecule has 0 aromatic carbocycles. The van der Waals surface area contributed by atoms with Gasteiger partial charge >= 0.3 is 0 Å². The van der Waals surface area contributed by atoms with Crippen LogP contribution < -0.4 is 0 Å². The zero-order valence-corrected chi connectivity index (χ0v) is 15.4. The van der Waals surface area contributed by atoms with Crippen LogP contribution in [0.1, 0.15) is 18.3 Å². The van der Waals surface area contributed by atoms with E-state index in [0.717, 1.165) is 12.1 Å². The molecule has 0 atom stereocenters. The number of aryl methyl sites for hydroxylation is 2. The van der Waals surface area contributed by atoms with Crippen LogP contribution in [0.2, 0.25) is 0 Å². The Kier molecular flexibility index (Phi) is 12.2. The van der Waals surface area contributed by atoms with E-state index in [9.17, 15) is 0 Å². The number of nitrogens with one attached hydrogen (secondary N) is 1. The minimum atomic E-state index is 1.07. The number of rotatable bonds is 1. The lowest BCUT2D eigenvalue weighted by molar-refractivity contribution is 1.06. The smallest absolute Gasteiger partial charge is 0.0372 e. The fourth-order valence-corrected chi connectivity index (χ4v) is 1.66. The highest BCUT2D eigenvalue weighted by molar-refractivity contribution is 5.02. The monoisotopic (exact) mass is 346 g/mol. The van der Waals surface area contributed by atoms with Gasteiger partial charge in [0.2, 0.25) is 0 Å². The van der Waals surface area contributed by atoms with Gasteiger partial charge in [-0.1, -0.05) is 25.1 Å². The Morgan fingerprint density at radius 2 is 1.27 bits per heavy atom. The maximum atomic E-state index is 3.98. The summed E-state index contributed by atoms with van der Waals surface area (Å²) in [5.41, 5.74) is 2.38. The van der Waals surface area contributed by atoms with Crippen LogP contribution in [-0.4, -0.2) is 19.9 Å². The number of nitrogens with zero attached hydrogens (tertiary/aromatic N) is 3. The summed E-state index contributed by atoms with van der Waals surface area (Å²) in [5.74, 6) is 0. The minimum Gasteiger partial charge on any atom is -0.365 e. The quantitative estimate of drug-likeness (QED) is 0.520. The number of aromatic amines is 1. The topological polar surface area (TPSA) is 54.5 Å². The van der Waals surface area contributed by atoms with Gasteiger partial charge in [-0.15, -0.1) is 0 Å². The van der Waals surface area contributed by atoms with Crippen molar-refractivity contribution in [2.24, 2.45) is 0 Å². The lowest BCUT2D eigenvalue weighted by Gasteiger charge is -1.82. The first kappa shape index (κ1) is 20.8. The van der Waals surface area contributed by atoms with E-state index < -0.39 is 0 Å². The van der Waals surface area contributed by atoms with Crippen LogP contribution in [0, 0.1) is 6.92 Å². The van der Waals surface area contributed by atoms with Gasteiger partial charge in [-0.25, -0.2) is 0 Å². The zero-order valence-electron chi connectivity index (χ0n) is 15.4. The molecule has 4 nitrogen and oxygen atoms in total. The van der Waals surface area contributed by atoms with Gasteiger partial charge in [-0.3, -0.25) is 15.0 Å². The molecule has 1 N–H and O–H groups in total. The maximum Gasteiger partial charge on any atom is 0.0372 e. The third-order valence-corrected chi connectivity index (χ3v) is 2.99. The summed E-state index contributed by atoms with van der Waals surface area (Å²) in [6, 6.07) is 21.4. The summed E-state index contributed by atoms with van der Waals surface area (Å²) in [6.07, 6.45) is 11.8. The summed E-state index contributed by atoms with van der Waals surface area (Å²) in [6.45, 7) is 4.10. The van der Waals surface area contributed by atoms with E-state index in [-0.39, 0.29) is 0 Å². The van der Waals surface area contributed by atoms with E-state index in [1.54, 1.807) is 31.0 Å². The van der Waals surface area contributed by atoms with E-state index in [1.807, 2.05) is 73.8 Å². The third-order valence-electron chi connectivity index (χ3n) is 2.99. The largest absolute Gasteiger partial charge is 0.365 e. The maximum absolute atomic E-state index is 3.98. The molecule has 4 rings (SSSR count). The van der Waals surface area contributed by atoms with Gasteiger partial charge in [0.1, 0.15) is 0 Å². The van der Waals surface area contributed by atoms with Crippen LogP contribution in [0.4, 0.5) is 0 Å². The van der Waals surface area contributed by atoms with Crippen molar-refractivity contribution < 1.29 is 0 Å². The molecule has 0 fully saturated rings. The van der Waals surface area contributed by atoms with Crippen molar-refractivity contribution >= 4 is 0 Å². The fourth-order valence-electron chi connectivity index (χ4n) is 1.66. The average molecular weight is 346 g/mol. The summed E-state index contributed by atoms with van der Waals surface area (Å²) >= 11 is 0. The van der Waals surface area contributed by atoms with Crippen molar-refractivity contribution in [2.45, 2.75) is 20.3 Å². The molecule has 0 aliphatic heterocycles. The Morgan fingerprint density at radius 1 is 0.692 bits per heavy atom.